The summed E-state index contributed by atoms with van der Waals surface area (Å²) < 4.78 is 24.6. The van der Waals surface area contributed by atoms with Crippen LogP contribution < -0.4 is 5.32 Å². The van der Waals surface area contributed by atoms with Crippen molar-refractivity contribution in [2.45, 2.75) is 25.6 Å². The molecule has 0 unspecified atom stereocenters. The maximum absolute atomic E-state index is 13.6. The highest BCUT2D eigenvalue weighted by Crippen LogP contribution is 2.22. The van der Waals surface area contributed by atoms with Gasteiger partial charge in [-0.2, -0.15) is 0 Å². The van der Waals surface area contributed by atoms with Crippen LogP contribution >= 0.6 is 11.6 Å². The lowest BCUT2D eigenvalue weighted by molar-refractivity contribution is -0.257. The maximum atomic E-state index is 13.6. The van der Waals surface area contributed by atoms with Gasteiger partial charge in [-0.1, -0.05) is 17.7 Å². The van der Waals surface area contributed by atoms with Gasteiger partial charge in [-0.3, -0.25) is 4.79 Å². The van der Waals surface area contributed by atoms with Crippen molar-refractivity contribution in [3.8, 4) is 0 Å². The molecule has 0 atom stereocenters. The van der Waals surface area contributed by atoms with E-state index in [4.69, 9.17) is 21.1 Å². The van der Waals surface area contributed by atoms with Crippen LogP contribution in [0, 0.1) is 5.82 Å². The number of hydrogen-bond acceptors (Lipinski definition) is 3. The number of halogens is 2. The lowest BCUT2D eigenvalue weighted by atomic mass is 10.1. The van der Waals surface area contributed by atoms with Gasteiger partial charge in [0.2, 0.25) is 0 Å². The SMILES string of the molecule is CC1(CCNC(=O)c2c(F)cccc2Cl)OCCCO1. The first kappa shape index (κ1) is 15.2. The molecule has 0 radical (unpaired) electrons. The zero-order valence-corrected chi connectivity index (χ0v) is 12.0. The van der Waals surface area contributed by atoms with E-state index in [1.807, 2.05) is 6.92 Å². The molecule has 20 heavy (non-hydrogen) atoms. The normalized spacial score (nSPS) is 17.8. The zero-order chi connectivity index (χ0) is 14.6. The van der Waals surface area contributed by atoms with Gasteiger partial charge in [0.05, 0.1) is 23.8 Å². The Morgan fingerprint density at radius 1 is 1.45 bits per heavy atom. The number of benzene rings is 1. The van der Waals surface area contributed by atoms with E-state index in [0.717, 1.165) is 6.42 Å². The van der Waals surface area contributed by atoms with Crippen molar-refractivity contribution >= 4 is 17.5 Å². The number of ether oxygens (including phenoxy) is 2. The van der Waals surface area contributed by atoms with Crippen LogP contribution in [0.4, 0.5) is 4.39 Å². The minimum Gasteiger partial charge on any atom is -0.352 e. The molecule has 4 nitrogen and oxygen atoms in total. The molecule has 1 fully saturated rings. The average molecular weight is 302 g/mol. The second kappa shape index (κ2) is 6.52. The first-order chi connectivity index (χ1) is 9.52. The summed E-state index contributed by atoms with van der Waals surface area (Å²) in [6.45, 7) is 3.43. The van der Waals surface area contributed by atoms with Crippen LogP contribution in [0.1, 0.15) is 30.1 Å². The fourth-order valence-corrected chi connectivity index (χ4v) is 2.28. The van der Waals surface area contributed by atoms with Crippen LogP contribution in [0.15, 0.2) is 18.2 Å². The minimum absolute atomic E-state index is 0.0962. The third-order valence-corrected chi connectivity index (χ3v) is 3.47. The smallest absolute Gasteiger partial charge is 0.255 e. The molecule has 1 aliphatic rings. The summed E-state index contributed by atoms with van der Waals surface area (Å²) >= 11 is 5.83. The van der Waals surface area contributed by atoms with Gasteiger partial charge in [-0.25, -0.2) is 4.39 Å². The molecule has 0 aliphatic carbocycles. The Kier molecular flexibility index (Phi) is 4.96. The Balaban J connectivity index is 1.89. The summed E-state index contributed by atoms with van der Waals surface area (Å²) in [4.78, 5) is 11.9. The Morgan fingerprint density at radius 2 is 2.15 bits per heavy atom. The van der Waals surface area contributed by atoms with Crippen molar-refractivity contribution in [1.29, 1.82) is 0 Å². The summed E-state index contributed by atoms with van der Waals surface area (Å²) in [5.74, 6) is -1.86. The van der Waals surface area contributed by atoms with Gasteiger partial charge in [0, 0.05) is 13.0 Å². The second-order valence-corrected chi connectivity index (χ2v) is 5.19. The Morgan fingerprint density at radius 3 is 2.80 bits per heavy atom. The fourth-order valence-electron chi connectivity index (χ4n) is 2.03. The summed E-state index contributed by atoms with van der Waals surface area (Å²) in [7, 11) is 0. The summed E-state index contributed by atoms with van der Waals surface area (Å²) in [6, 6.07) is 4.14. The van der Waals surface area contributed by atoms with E-state index in [1.54, 1.807) is 0 Å². The second-order valence-electron chi connectivity index (χ2n) is 4.79. The monoisotopic (exact) mass is 301 g/mol. The molecule has 2 rings (SSSR count). The molecule has 1 aromatic carbocycles. The summed E-state index contributed by atoms with van der Waals surface area (Å²) in [6.07, 6.45) is 1.36. The zero-order valence-electron chi connectivity index (χ0n) is 11.2. The molecular formula is C14H17ClFNO3. The van der Waals surface area contributed by atoms with Crippen LogP contribution in [0.3, 0.4) is 0 Å². The van der Waals surface area contributed by atoms with Gasteiger partial charge >= 0.3 is 0 Å². The number of carbonyl (C=O) groups is 1. The molecular weight excluding hydrogens is 285 g/mol. The van der Waals surface area contributed by atoms with E-state index in [2.05, 4.69) is 5.32 Å². The first-order valence-electron chi connectivity index (χ1n) is 6.52. The predicted octanol–water partition coefficient (Wildman–Crippen LogP) is 2.75. The molecule has 6 heteroatoms. The van der Waals surface area contributed by atoms with E-state index in [0.29, 0.717) is 26.2 Å². The highest BCUT2D eigenvalue weighted by molar-refractivity contribution is 6.33. The van der Waals surface area contributed by atoms with Gasteiger partial charge in [-0.05, 0) is 25.5 Å². The molecule has 0 bridgehead atoms. The number of carbonyl (C=O) groups excluding carboxylic acids is 1. The van der Waals surface area contributed by atoms with Crippen LogP contribution in [0.5, 0.6) is 0 Å². The summed E-state index contributed by atoms with van der Waals surface area (Å²) in [5.41, 5.74) is -0.134. The van der Waals surface area contributed by atoms with Crippen LogP contribution in [-0.4, -0.2) is 31.5 Å². The molecule has 1 aromatic rings. The average Bonchev–Trinajstić information content (AvgIpc) is 2.39. The highest BCUT2D eigenvalue weighted by atomic mass is 35.5. The largest absolute Gasteiger partial charge is 0.352 e. The topological polar surface area (TPSA) is 47.6 Å². The number of rotatable bonds is 4. The lowest BCUT2D eigenvalue weighted by Gasteiger charge is -2.33. The molecule has 0 aromatic heterocycles. The van der Waals surface area contributed by atoms with Gasteiger partial charge in [-0.15, -0.1) is 0 Å². The fraction of sp³-hybridized carbons (Fsp3) is 0.500. The van der Waals surface area contributed by atoms with Gasteiger partial charge in [0.15, 0.2) is 5.79 Å². The molecule has 1 aliphatic heterocycles. The molecule has 110 valence electrons. The van der Waals surface area contributed by atoms with Crippen molar-refractivity contribution in [1.82, 2.24) is 5.32 Å². The lowest BCUT2D eigenvalue weighted by Crippen LogP contribution is -2.41. The quantitative estimate of drug-likeness (QED) is 0.930. The van der Waals surface area contributed by atoms with Crippen molar-refractivity contribution in [2.24, 2.45) is 0 Å². The summed E-state index contributed by atoms with van der Waals surface area (Å²) in [5, 5.41) is 2.73. The van der Waals surface area contributed by atoms with Crippen LogP contribution in [0.2, 0.25) is 5.02 Å². The molecule has 0 saturated carbocycles. The van der Waals surface area contributed by atoms with Crippen LogP contribution in [-0.2, 0) is 9.47 Å². The number of hydrogen-bond donors (Lipinski definition) is 1. The third kappa shape index (κ3) is 3.69. The first-order valence-corrected chi connectivity index (χ1v) is 6.90. The molecule has 1 amide bonds. The number of amides is 1. The highest BCUT2D eigenvalue weighted by Gasteiger charge is 2.28. The Labute approximate surface area is 122 Å². The van der Waals surface area contributed by atoms with E-state index < -0.39 is 17.5 Å². The van der Waals surface area contributed by atoms with Crippen LogP contribution in [0.25, 0.3) is 0 Å². The standard InChI is InChI=1S/C14H17ClFNO3/c1-14(19-8-3-9-20-14)6-7-17-13(18)12-10(15)4-2-5-11(12)16/h2,4-5H,3,6-9H2,1H3,(H,17,18). The van der Waals surface area contributed by atoms with E-state index in [-0.39, 0.29) is 10.6 Å². The molecule has 1 heterocycles. The van der Waals surface area contributed by atoms with Gasteiger partial charge in [0.25, 0.3) is 5.91 Å². The Hall–Kier alpha value is -1.17. The van der Waals surface area contributed by atoms with E-state index in [9.17, 15) is 9.18 Å². The van der Waals surface area contributed by atoms with E-state index in [1.165, 1.54) is 18.2 Å². The molecule has 1 N–H and O–H groups in total. The van der Waals surface area contributed by atoms with Crippen molar-refractivity contribution < 1.29 is 18.7 Å². The molecule has 1 saturated heterocycles. The number of nitrogens with one attached hydrogen (secondary N) is 1. The van der Waals surface area contributed by atoms with Gasteiger partial charge in [0.1, 0.15) is 5.82 Å². The van der Waals surface area contributed by atoms with E-state index >= 15 is 0 Å². The Bertz CT molecular complexity index is 469. The van der Waals surface area contributed by atoms with Crippen molar-refractivity contribution in [3.63, 3.8) is 0 Å². The maximum Gasteiger partial charge on any atom is 0.255 e. The minimum atomic E-state index is -0.690. The van der Waals surface area contributed by atoms with Gasteiger partial charge < -0.3 is 14.8 Å². The molecule has 0 spiro atoms. The third-order valence-electron chi connectivity index (χ3n) is 3.16. The van der Waals surface area contributed by atoms with Crippen molar-refractivity contribution in [2.75, 3.05) is 19.8 Å². The van der Waals surface area contributed by atoms with Crippen molar-refractivity contribution in [3.05, 3.63) is 34.6 Å². The predicted molar refractivity (Wildman–Crippen MR) is 73.3 cm³/mol.